The van der Waals surface area contributed by atoms with Crippen LogP contribution in [-0.2, 0) is 4.79 Å². The van der Waals surface area contributed by atoms with E-state index in [2.05, 4.69) is 4.98 Å². The standard InChI is InChI=1S/C20H13F3N2O4/c21-12-6-5-10(16(22)17(12)23)19(27)25-7-11(20(28)29)18-15(14(26)8-25)9-3-1-2-4-13(9)24-18/h1-7,14,24,26H,8H2,(H,28,29). The van der Waals surface area contributed by atoms with Crippen molar-refractivity contribution in [1.29, 1.82) is 0 Å². The van der Waals surface area contributed by atoms with Gasteiger partial charge >= 0.3 is 5.97 Å². The van der Waals surface area contributed by atoms with Gasteiger partial charge in [-0.05, 0) is 18.2 Å². The highest BCUT2D eigenvalue weighted by Crippen LogP contribution is 2.36. The third-order valence-electron chi connectivity index (χ3n) is 4.76. The van der Waals surface area contributed by atoms with Gasteiger partial charge in [0, 0.05) is 22.7 Å². The van der Waals surface area contributed by atoms with E-state index in [1.54, 1.807) is 24.3 Å². The lowest BCUT2D eigenvalue weighted by Crippen LogP contribution is -2.30. The number of aromatic nitrogens is 1. The fraction of sp³-hybridized carbons (Fsp3) is 0.100. The number of β-amino-alcohol motifs (C(OH)–C–C–N with tert-alkyl or cyclic N) is 1. The molecule has 3 N–H and O–H groups in total. The molecule has 0 spiro atoms. The number of hydrogen-bond acceptors (Lipinski definition) is 3. The molecule has 0 fully saturated rings. The molecule has 6 nitrogen and oxygen atoms in total. The van der Waals surface area contributed by atoms with E-state index < -0.39 is 47.5 Å². The molecule has 1 aliphatic heterocycles. The van der Waals surface area contributed by atoms with Gasteiger partial charge in [-0.2, -0.15) is 0 Å². The SMILES string of the molecule is O=C(O)C1=CN(C(=O)c2ccc(F)c(F)c2F)CC(O)c2c1[nH]c1ccccc21. The van der Waals surface area contributed by atoms with Crippen LogP contribution in [0, 0.1) is 17.5 Å². The zero-order valence-electron chi connectivity index (χ0n) is 14.6. The van der Waals surface area contributed by atoms with Gasteiger partial charge in [0.2, 0.25) is 0 Å². The van der Waals surface area contributed by atoms with Crippen LogP contribution in [0.25, 0.3) is 16.5 Å². The molecular weight excluding hydrogens is 389 g/mol. The number of aliphatic hydroxyl groups excluding tert-OH is 1. The average Bonchev–Trinajstić information content (AvgIpc) is 3.00. The number of carboxylic acid groups (broad SMARTS) is 1. The topological polar surface area (TPSA) is 93.6 Å². The number of hydrogen-bond donors (Lipinski definition) is 3. The Labute approximate surface area is 161 Å². The first-order chi connectivity index (χ1) is 13.8. The molecule has 148 valence electrons. The Morgan fingerprint density at radius 1 is 1.07 bits per heavy atom. The third kappa shape index (κ3) is 2.95. The lowest BCUT2D eigenvalue weighted by Gasteiger charge is -2.20. The van der Waals surface area contributed by atoms with Crippen molar-refractivity contribution in [3.63, 3.8) is 0 Å². The molecule has 1 atom stereocenters. The number of amides is 1. The minimum Gasteiger partial charge on any atom is -0.478 e. The molecule has 4 rings (SSSR count). The number of fused-ring (bicyclic) bond motifs is 3. The number of benzene rings is 2. The zero-order valence-corrected chi connectivity index (χ0v) is 14.6. The van der Waals surface area contributed by atoms with Gasteiger partial charge in [0.15, 0.2) is 17.5 Å². The van der Waals surface area contributed by atoms with Crippen LogP contribution in [0.5, 0.6) is 0 Å². The minimum atomic E-state index is -1.81. The van der Waals surface area contributed by atoms with Crippen molar-refractivity contribution in [3.05, 3.63) is 76.9 Å². The van der Waals surface area contributed by atoms with Gasteiger partial charge in [-0.25, -0.2) is 18.0 Å². The van der Waals surface area contributed by atoms with Gasteiger partial charge in [0.05, 0.1) is 29.5 Å². The lowest BCUT2D eigenvalue weighted by molar-refractivity contribution is -0.130. The molecule has 9 heteroatoms. The fourth-order valence-corrected chi connectivity index (χ4v) is 3.42. The van der Waals surface area contributed by atoms with Gasteiger partial charge in [-0.1, -0.05) is 18.2 Å². The van der Waals surface area contributed by atoms with Crippen molar-refractivity contribution in [3.8, 4) is 0 Å². The number of aliphatic carboxylic acids is 1. The van der Waals surface area contributed by atoms with Gasteiger partial charge in [-0.15, -0.1) is 0 Å². The molecule has 0 saturated heterocycles. The maximum absolute atomic E-state index is 14.1. The first-order valence-electron chi connectivity index (χ1n) is 8.48. The summed E-state index contributed by atoms with van der Waals surface area (Å²) in [6.07, 6.45) is -0.373. The first-order valence-corrected chi connectivity index (χ1v) is 8.48. The summed E-state index contributed by atoms with van der Waals surface area (Å²) >= 11 is 0. The van der Waals surface area contributed by atoms with Crippen molar-refractivity contribution in [2.45, 2.75) is 6.10 Å². The predicted octanol–water partition coefficient (Wildman–Crippen LogP) is 3.20. The Balaban J connectivity index is 1.85. The number of carboxylic acids is 1. The van der Waals surface area contributed by atoms with Gasteiger partial charge in [0.1, 0.15) is 0 Å². The largest absolute Gasteiger partial charge is 0.478 e. The van der Waals surface area contributed by atoms with E-state index >= 15 is 0 Å². The van der Waals surface area contributed by atoms with Crippen LogP contribution in [0.3, 0.4) is 0 Å². The predicted molar refractivity (Wildman–Crippen MR) is 96.2 cm³/mol. The number of aromatic amines is 1. The number of nitrogens with one attached hydrogen (secondary N) is 1. The molecule has 2 aromatic carbocycles. The summed E-state index contributed by atoms with van der Waals surface area (Å²) in [5.74, 6) is -7.48. The number of carbonyl (C=O) groups is 2. The summed E-state index contributed by atoms with van der Waals surface area (Å²) in [4.78, 5) is 28.2. The molecule has 3 aromatic rings. The fourth-order valence-electron chi connectivity index (χ4n) is 3.42. The number of aliphatic hydroxyl groups is 1. The number of rotatable bonds is 2. The molecule has 1 unspecified atom stereocenters. The smallest absolute Gasteiger partial charge is 0.339 e. The van der Waals surface area contributed by atoms with Crippen molar-refractivity contribution in [2.75, 3.05) is 6.54 Å². The summed E-state index contributed by atoms with van der Waals surface area (Å²) < 4.78 is 40.8. The van der Waals surface area contributed by atoms with E-state index in [-0.39, 0.29) is 16.8 Å². The van der Waals surface area contributed by atoms with Crippen molar-refractivity contribution >= 4 is 28.4 Å². The molecule has 0 saturated carbocycles. The van der Waals surface area contributed by atoms with Crippen LogP contribution in [-0.4, -0.2) is 38.5 Å². The zero-order chi connectivity index (χ0) is 20.9. The van der Waals surface area contributed by atoms with E-state index in [0.29, 0.717) is 17.0 Å². The van der Waals surface area contributed by atoms with E-state index in [9.17, 15) is 33.0 Å². The normalized spacial score (nSPS) is 16.3. The molecule has 0 radical (unpaired) electrons. The molecule has 1 aromatic heterocycles. The Morgan fingerprint density at radius 3 is 2.52 bits per heavy atom. The highest BCUT2D eigenvalue weighted by Gasteiger charge is 2.32. The van der Waals surface area contributed by atoms with Crippen molar-refractivity contribution in [2.24, 2.45) is 0 Å². The minimum absolute atomic E-state index is 0.104. The number of carbonyl (C=O) groups excluding carboxylic acids is 1. The van der Waals surface area contributed by atoms with Gasteiger partial charge in [0.25, 0.3) is 5.91 Å². The molecule has 0 aliphatic carbocycles. The summed E-state index contributed by atoms with van der Waals surface area (Å²) in [5.41, 5.74) is -0.158. The quantitative estimate of drug-likeness (QED) is 0.574. The van der Waals surface area contributed by atoms with Crippen LogP contribution in [0.4, 0.5) is 13.2 Å². The number of para-hydroxylation sites is 1. The Hall–Kier alpha value is -3.59. The molecule has 1 aliphatic rings. The summed E-state index contributed by atoms with van der Waals surface area (Å²) in [6, 6.07) is 8.18. The second kappa shape index (κ2) is 6.78. The average molecular weight is 402 g/mol. The van der Waals surface area contributed by atoms with Gasteiger partial charge in [-0.3, -0.25) is 4.79 Å². The van der Waals surface area contributed by atoms with Crippen LogP contribution < -0.4 is 0 Å². The lowest BCUT2D eigenvalue weighted by atomic mass is 10.0. The molecular formula is C20H13F3N2O4. The van der Waals surface area contributed by atoms with Gasteiger partial charge < -0.3 is 20.1 Å². The Kier molecular flexibility index (Phi) is 4.39. The summed E-state index contributed by atoms with van der Waals surface area (Å²) in [6.45, 7) is -0.414. The second-order valence-corrected chi connectivity index (χ2v) is 6.50. The molecule has 2 heterocycles. The molecule has 29 heavy (non-hydrogen) atoms. The van der Waals surface area contributed by atoms with Crippen LogP contribution in [0.15, 0.2) is 42.6 Å². The number of H-pyrrole nitrogens is 1. The number of halogens is 3. The Bertz CT molecular complexity index is 1200. The highest BCUT2D eigenvalue weighted by atomic mass is 19.2. The van der Waals surface area contributed by atoms with E-state index in [1.807, 2.05) is 0 Å². The third-order valence-corrected chi connectivity index (χ3v) is 4.76. The monoisotopic (exact) mass is 402 g/mol. The Morgan fingerprint density at radius 2 is 1.79 bits per heavy atom. The van der Waals surface area contributed by atoms with Crippen LogP contribution in [0.1, 0.15) is 27.7 Å². The maximum Gasteiger partial charge on any atom is 0.339 e. The van der Waals surface area contributed by atoms with E-state index in [4.69, 9.17) is 0 Å². The highest BCUT2D eigenvalue weighted by molar-refractivity contribution is 6.17. The first kappa shape index (κ1) is 18.8. The van der Waals surface area contributed by atoms with E-state index in [0.717, 1.165) is 17.2 Å². The van der Waals surface area contributed by atoms with Crippen LogP contribution in [0.2, 0.25) is 0 Å². The summed E-state index contributed by atoms with van der Waals surface area (Å²) in [7, 11) is 0. The van der Waals surface area contributed by atoms with Crippen molar-refractivity contribution in [1.82, 2.24) is 9.88 Å². The van der Waals surface area contributed by atoms with E-state index in [1.165, 1.54) is 0 Å². The maximum atomic E-state index is 14.1. The molecule has 1 amide bonds. The second-order valence-electron chi connectivity index (χ2n) is 6.50. The summed E-state index contributed by atoms with van der Waals surface area (Å²) in [5, 5.41) is 20.9. The molecule has 0 bridgehead atoms. The van der Waals surface area contributed by atoms with Crippen LogP contribution >= 0.6 is 0 Å². The number of nitrogens with zero attached hydrogens (tertiary/aromatic N) is 1. The van der Waals surface area contributed by atoms with Crippen molar-refractivity contribution < 1.29 is 33.0 Å².